The van der Waals surface area contributed by atoms with Crippen LogP contribution in [0.3, 0.4) is 0 Å². The van der Waals surface area contributed by atoms with E-state index < -0.39 is 17.4 Å². The number of hydrogen-bond acceptors (Lipinski definition) is 6. The van der Waals surface area contributed by atoms with Crippen molar-refractivity contribution in [3.05, 3.63) is 0 Å². The highest BCUT2D eigenvalue weighted by Gasteiger charge is 2.54. The molecule has 0 saturated carbocycles. The predicted molar refractivity (Wildman–Crippen MR) is 82.8 cm³/mol. The van der Waals surface area contributed by atoms with Crippen LogP contribution in [-0.4, -0.2) is 55.0 Å². The van der Waals surface area contributed by atoms with Crippen molar-refractivity contribution < 1.29 is 28.4 Å². The molecule has 5 atom stereocenters. The molecule has 0 radical (unpaired) electrons. The lowest BCUT2D eigenvalue weighted by Gasteiger charge is -2.48. The van der Waals surface area contributed by atoms with Gasteiger partial charge in [0, 0.05) is 5.92 Å². The zero-order valence-corrected chi connectivity index (χ0v) is 15.3. The molecule has 0 N–H and O–H groups in total. The Balaban J connectivity index is 1.82. The maximum Gasteiger partial charge on any atom is 0.163 e. The maximum atomic E-state index is 6.25. The lowest BCUT2D eigenvalue weighted by atomic mass is 9.86. The largest absolute Gasteiger partial charge is 0.348 e. The van der Waals surface area contributed by atoms with Gasteiger partial charge in [-0.05, 0) is 48.5 Å². The Bertz CT molecular complexity index is 446. The van der Waals surface area contributed by atoms with Crippen LogP contribution >= 0.6 is 0 Å². The van der Waals surface area contributed by atoms with Crippen LogP contribution in [0.25, 0.3) is 0 Å². The molecule has 0 amide bonds. The first-order valence-corrected chi connectivity index (χ1v) is 8.47. The van der Waals surface area contributed by atoms with E-state index in [1.54, 1.807) is 0 Å². The lowest BCUT2D eigenvalue weighted by molar-refractivity contribution is -0.344. The topological polar surface area (TPSA) is 55.4 Å². The molecule has 3 aliphatic heterocycles. The van der Waals surface area contributed by atoms with Crippen LogP contribution in [-0.2, 0) is 28.4 Å². The molecule has 0 aromatic rings. The monoisotopic (exact) mass is 330 g/mol. The van der Waals surface area contributed by atoms with Gasteiger partial charge in [0.1, 0.15) is 6.10 Å². The van der Waals surface area contributed by atoms with Gasteiger partial charge in [-0.2, -0.15) is 0 Å². The quantitative estimate of drug-likeness (QED) is 0.775. The fraction of sp³-hybridized carbons (Fsp3) is 1.00. The normalized spacial score (nSPS) is 45.3. The van der Waals surface area contributed by atoms with Crippen LogP contribution in [0.1, 0.15) is 48.5 Å². The molecular formula is C17H30O6. The second kappa shape index (κ2) is 5.64. The van der Waals surface area contributed by atoms with Crippen LogP contribution in [0.2, 0.25) is 0 Å². The third-order valence-electron chi connectivity index (χ3n) is 4.67. The first-order chi connectivity index (χ1) is 10.5. The van der Waals surface area contributed by atoms with E-state index in [4.69, 9.17) is 28.4 Å². The third-order valence-corrected chi connectivity index (χ3v) is 4.67. The van der Waals surface area contributed by atoms with Crippen LogP contribution in [0, 0.1) is 5.92 Å². The zero-order valence-electron chi connectivity index (χ0n) is 15.3. The predicted octanol–water partition coefficient (Wildman–Crippen LogP) is 2.45. The van der Waals surface area contributed by atoms with Crippen molar-refractivity contribution in [2.75, 3.05) is 13.2 Å². The van der Waals surface area contributed by atoms with Gasteiger partial charge in [0.2, 0.25) is 0 Å². The Hall–Kier alpha value is -0.240. The Morgan fingerprint density at radius 1 is 0.652 bits per heavy atom. The molecule has 3 saturated heterocycles. The molecule has 6 nitrogen and oxygen atoms in total. The maximum absolute atomic E-state index is 6.25. The molecular weight excluding hydrogens is 300 g/mol. The number of hydrogen-bond donors (Lipinski definition) is 0. The molecule has 3 heterocycles. The summed E-state index contributed by atoms with van der Waals surface area (Å²) in [7, 11) is 0. The Kier molecular flexibility index (Phi) is 4.31. The highest BCUT2D eigenvalue weighted by molar-refractivity contribution is 4.96. The third kappa shape index (κ3) is 3.72. The van der Waals surface area contributed by atoms with Crippen LogP contribution in [0.4, 0.5) is 0 Å². The van der Waals surface area contributed by atoms with E-state index in [0.29, 0.717) is 13.2 Å². The molecule has 3 fully saturated rings. The second-order valence-corrected chi connectivity index (χ2v) is 8.12. The van der Waals surface area contributed by atoms with Crippen LogP contribution < -0.4 is 0 Å². The standard InChI is InChI=1S/C17H30O6/c1-10-13(11-8-18-15(2,3)21-11)14(23-17(6,7)20-10)12-9-19-16(4,5)22-12/h10-14H,8-9H2,1-7H3. The van der Waals surface area contributed by atoms with E-state index in [1.165, 1.54) is 0 Å². The summed E-state index contributed by atoms with van der Waals surface area (Å²) in [5.74, 6) is -1.80. The Morgan fingerprint density at radius 3 is 1.65 bits per heavy atom. The smallest absolute Gasteiger partial charge is 0.163 e. The summed E-state index contributed by atoms with van der Waals surface area (Å²) < 4.78 is 36.0. The summed E-state index contributed by atoms with van der Waals surface area (Å²) in [5, 5.41) is 0. The molecule has 134 valence electrons. The van der Waals surface area contributed by atoms with Crippen molar-refractivity contribution in [1.82, 2.24) is 0 Å². The van der Waals surface area contributed by atoms with Crippen molar-refractivity contribution in [2.24, 2.45) is 5.92 Å². The summed E-state index contributed by atoms with van der Waals surface area (Å²) in [6.45, 7) is 14.7. The fourth-order valence-electron chi connectivity index (χ4n) is 3.85. The minimum absolute atomic E-state index is 0.0206. The zero-order chi connectivity index (χ0) is 17.0. The van der Waals surface area contributed by atoms with Crippen molar-refractivity contribution in [3.63, 3.8) is 0 Å². The highest BCUT2D eigenvalue weighted by Crippen LogP contribution is 2.41. The van der Waals surface area contributed by atoms with Gasteiger partial charge >= 0.3 is 0 Å². The van der Waals surface area contributed by atoms with Gasteiger partial charge in [0.15, 0.2) is 17.4 Å². The summed E-state index contributed by atoms with van der Waals surface area (Å²) in [5.41, 5.74) is 0. The van der Waals surface area contributed by atoms with Crippen LogP contribution in [0.5, 0.6) is 0 Å². The van der Waals surface area contributed by atoms with Gasteiger partial charge in [0.05, 0.1) is 31.5 Å². The Labute approximate surface area is 138 Å². The molecule has 0 spiro atoms. The number of ether oxygens (including phenoxy) is 6. The van der Waals surface area contributed by atoms with Crippen molar-refractivity contribution >= 4 is 0 Å². The summed E-state index contributed by atoms with van der Waals surface area (Å²) in [6, 6.07) is 0. The molecule has 0 bridgehead atoms. The van der Waals surface area contributed by atoms with Gasteiger partial charge in [-0.15, -0.1) is 0 Å². The van der Waals surface area contributed by atoms with Gasteiger partial charge in [-0.1, -0.05) is 0 Å². The van der Waals surface area contributed by atoms with Gasteiger partial charge in [0.25, 0.3) is 0 Å². The van der Waals surface area contributed by atoms with Crippen LogP contribution in [0.15, 0.2) is 0 Å². The number of rotatable bonds is 2. The molecule has 23 heavy (non-hydrogen) atoms. The lowest BCUT2D eigenvalue weighted by Crippen LogP contribution is -2.58. The molecule has 5 unspecified atom stereocenters. The van der Waals surface area contributed by atoms with Gasteiger partial charge in [-0.3, -0.25) is 0 Å². The Morgan fingerprint density at radius 2 is 1.17 bits per heavy atom. The van der Waals surface area contributed by atoms with Crippen molar-refractivity contribution in [2.45, 2.75) is 90.2 Å². The highest BCUT2D eigenvalue weighted by atomic mass is 16.8. The van der Waals surface area contributed by atoms with E-state index in [0.717, 1.165) is 0 Å². The average Bonchev–Trinajstić information content (AvgIpc) is 2.89. The average molecular weight is 330 g/mol. The van der Waals surface area contributed by atoms with Crippen molar-refractivity contribution in [1.29, 1.82) is 0 Å². The van der Waals surface area contributed by atoms with Gasteiger partial charge in [-0.25, -0.2) is 0 Å². The molecule has 0 aromatic carbocycles. The molecule has 3 rings (SSSR count). The van der Waals surface area contributed by atoms with E-state index in [-0.39, 0.29) is 30.3 Å². The minimum atomic E-state index is -0.661. The SMILES string of the molecule is CC1OC(C)(C)OC(C2COC(C)(C)O2)C1C1COC(C)(C)O1. The summed E-state index contributed by atoms with van der Waals surface area (Å²) >= 11 is 0. The first kappa shape index (κ1) is 17.6. The molecule has 0 aliphatic carbocycles. The van der Waals surface area contributed by atoms with E-state index >= 15 is 0 Å². The minimum Gasteiger partial charge on any atom is -0.348 e. The molecule has 0 aromatic heterocycles. The molecule has 3 aliphatic rings. The molecule has 6 heteroatoms. The fourth-order valence-corrected chi connectivity index (χ4v) is 3.85. The van der Waals surface area contributed by atoms with E-state index in [2.05, 4.69) is 6.92 Å². The van der Waals surface area contributed by atoms with E-state index in [9.17, 15) is 0 Å². The summed E-state index contributed by atoms with van der Waals surface area (Å²) in [4.78, 5) is 0. The summed E-state index contributed by atoms with van der Waals surface area (Å²) in [6.07, 6.45) is -0.432. The van der Waals surface area contributed by atoms with Gasteiger partial charge < -0.3 is 28.4 Å². The van der Waals surface area contributed by atoms with Crippen molar-refractivity contribution in [3.8, 4) is 0 Å². The first-order valence-electron chi connectivity index (χ1n) is 8.47. The second-order valence-electron chi connectivity index (χ2n) is 8.12. The van der Waals surface area contributed by atoms with E-state index in [1.807, 2.05) is 41.5 Å².